The van der Waals surface area contributed by atoms with E-state index >= 15 is 0 Å². The van der Waals surface area contributed by atoms with Gasteiger partial charge >= 0.3 is 0 Å². The molecule has 9 heteroatoms. The molecule has 0 aliphatic carbocycles. The Labute approximate surface area is 213 Å². The molecule has 4 aromatic rings. The van der Waals surface area contributed by atoms with E-state index in [4.69, 9.17) is 5.73 Å². The molecule has 2 heterocycles. The molecule has 184 valence electrons. The van der Waals surface area contributed by atoms with Crippen LogP contribution in [0.5, 0.6) is 5.75 Å². The summed E-state index contributed by atoms with van der Waals surface area (Å²) in [7, 11) is 0. The average molecular weight is 502 g/mol. The first kappa shape index (κ1) is 25.0. The van der Waals surface area contributed by atoms with Crippen LogP contribution in [0.1, 0.15) is 36.3 Å². The molecule has 0 bridgehead atoms. The summed E-state index contributed by atoms with van der Waals surface area (Å²) < 4.78 is 0. The Balaban J connectivity index is 1.65. The van der Waals surface area contributed by atoms with Crippen molar-refractivity contribution in [3.05, 3.63) is 77.6 Å². The maximum atomic E-state index is 13.2. The monoisotopic (exact) mass is 501 g/mol. The number of phenols is 1. The molecular formula is C27H27N5O3S. The number of anilines is 2. The van der Waals surface area contributed by atoms with Crippen LogP contribution >= 0.6 is 11.3 Å². The number of pyridine rings is 1. The Kier molecular flexibility index (Phi) is 7.42. The molecule has 0 fully saturated rings. The average Bonchev–Trinajstić information content (AvgIpc) is 3.34. The molecule has 0 aliphatic rings. The van der Waals surface area contributed by atoms with E-state index in [9.17, 15) is 15.0 Å². The number of amides is 1. The minimum absolute atomic E-state index is 0.138. The molecule has 1 amide bonds. The first-order valence-electron chi connectivity index (χ1n) is 11.3. The standard InChI is InChI=1S/C27H27N5O3S/c1-27(2,35)9-12-30-15-19-13-23(21(14-22(19)28)17-3-5-20(33)6-4-17)31-25(34)24-16-36-26(32-24)18-7-10-29-11-8-18/h3-8,10-11,13-16,33,35H,9,12,28H2,1-2H3,(H,31,34). The molecule has 5 N–H and O–H groups in total. The van der Waals surface area contributed by atoms with Gasteiger partial charge in [0.15, 0.2) is 0 Å². The summed E-state index contributed by atoms with van der Waals surface area (Å²) in [6, 6.07) is 13.9. The molecule has 0 atom stereocenters. The molecule has 2 aromatic carbocycles. The smallest absolute Gasteiger partial charge is 0.275 e. The van der Waals surface area contributed by atoms with Crippen molar-refractivity contribution in [3.8, 4) is 27.4 Å². The third-order valence-corrected chi connectivity index (χ3v) is 6.29. The van der Waals surface area contributed by atoms with Gasteiger partial charge in [0.05, 0.1) is 5.60 Å². The van der Waals surface area contributed by atoms with Crippen LogP contribution in [-0.2, 0) is 0 Å². The summed E-state index contributed by atoms with van der Waals surface area (Å²) in [4.78, 5) is 26.0. The van der Waals surface area contributed by atoms with Gasteiger partial charge in [0.25, 0.3) is 5.91 Å². The van der Waals surface area contributed by atoms with Gasteiger partial charge in [-0.05, 0) is 62.2 Å². The Morgan fingerprint density at radius 2 is 1.86 bits per heavy atom. The number of rotatable bonds is 8. The summed E-state index contributed by atoms with van der Waals surface area (Å²) in [6.45, 7) is 3.89. The number of benzene rings is 2. The van der Waals surface area contributed by atoms with Crippen LogP contribution in [0.15, 0.2) is 71.3 Å². The molecule has 0 radical (unpaired) electrons. The topological polar surface area (TPSA) is 134 Å². The predicted molar refractivity (Wildman–Crippen MR) is 145 cm³/mol. The second-order valence-electron chi connectivity index (χ2n) is 8.90. The van der Waals surface area contributed by atoms with E-state index in [2.05, 4.69) is 20.3 Å². The van der Waals surface area contributed by atoms with E-state index in [1.807, 2.05) is 12.1 Å². The van der Waals surface area contributed by atoms with Gasteiger partial charge in [-0.2, -0.15) is 0 Å². The number of hydrogen-bond acceptors (Lipinski definition) is 8. The summed E-state index contributed by atoms with van der Waals surface area (Å²) in [6.07, 6.45) is 5.50. The van der Waals surface area contributed by atoms with Crippen molar-refractivity contribution in [3.63, 3.8) is 0 Å². The number of aromatic nitrogens is 2. The number of phenolic OH excluding ortho intramolecular Hbond substituents is 1. The Morgan fingerprint density at radius 1 is 1.14 bits per heavy atom. The molecular weight excluding hydrogens is 474 g/mol. The first-order chi connectivity index (χ1) is 17.2. The molecule has 0 saturated carbocycles. The second kappa shape index (κ2) is 10.7. The zero-order valence-electron chi connectivity index (χ0n) is 20.0. The fourth-order valence-corrected chi connectivity index (χ4v) is 4.23. The number of nitrogens with one attached hydrogen (secondary N) is 1. The summed E-state index contributed by atoms with van der Waals surface area (Å²) >= 11 is 1.38. The Bertz CT molecular complexity index is 1380. The quantitative estimate of drug-likeness (QED) is 0.198. The largest absolute Gasteiger partial charge is 0.508 e. The lowest BCUT2D eigenvalue weighted by atomic mass is 9.99. The lowest BCUT2D eigenvalue weighted by Gasteiger charge is -2.15. The van der Waals surface area contributed by atoms with Gasteiger partial charge in [0.2, 0.25) is 0 Å². The van der Waals surface area contributed by atoms with Gasteiger partial charge in [-0.25, -0.2) is 4.98 Å². The maximum Gasteiger partial charge on any atom is 0.275 e. The number of aliphatic imine (C=N–C) groups is 1. The van der Waals surface area contributed by atoms with Crippen molar-refractivity contribution in [1.82, 2.24) is 9.97 Å². The number of carbonyl (C=O) groups is 1. The van der Waals surface area contributed by atoms with E-state index in [0.29, 0.717) is 41.2 Å². The van der Waals surface area contributed by atoms with Gasteiger partial charge in [0.1, 0.15) is 16.5 Å². The third kappa shape index (κ3) is 6.32. The summed E-state index contributed by atoms with van der Waals surface area (Å²) in [5, 5.41) is 25.0. The van der Waals surface area contributed by atoms with Crippen LogP contribution in [-0.4, -0.2) is 44.4 Å². The molecule has 4 rings (SSSR count). The molecule has 8 nitrogen and oxygen atoms in total. The molecule has 0 aliphatic heterocycles. The minimum Gasteiger partial charge on any atom is -0.508 e. The van der Waals surface area contributed by atoms with Gasteiger partial charge in [0, 0.05) is 58.6 Å². The van der Waals surface area contributed by atoms with Crippen LogP contribution < -0.4 is 11.1 Å². The Hall–Kier alpha value is -4.08. The van der Waals surface area contributed by atoms with Crippen molar-refractivity contribution in [2.75, 3.05) is 17.6 Å². The highest BCUT2D eigenvalue weighted by Crippen LogP contribution is 2.33. The summed E-state index contributed by atoms with van der Waals surface area (Å²) in [5.74, 6) is -0.222. The van der Waals surface area contributed by atoms with Gasteiger partial charge in [-0.3, -0.25) is 14.8 Å². The number of nitrogens with two attached hydrogens (primary N) is 1. The number of nitrogen functional groups attached to an aromatic ring is 1. The fraction of sp³-hybridized carbons (Fsp3) is 0.185. The zero-order valence-corrected chi connectivity index (χ0v) is 20.8. The molecule has 0 unspecified atom stereocenters. The van der Waals surface area contributed by atoms with Crippen LogP contribution in [0.25, 0.3) is 21.7 Å². The lowest BCUT2D eigenvalue weighted by molar-refractivity contribution is 0.0739. The number of thiazole rings is 1. The zero-order chi connectivity index (χ0) is 25.7. The van der Waals surface area contributed by atoms with Gasteiger partial charge in [-0.1, -0.05) is 12.1 Å². The van der Waals surface area contributed by atoms with Crippen molar-refractivity contribution in [2.24, 2.45) is 4.99 Å². The van der Waals surface area contributed by atoms with E-state index in [1.165, 1.54) is 11.3 Å². The van der Waals surface area contributed by atoms with Crippen LogP contribution in [0, 0.1) is 0 Å². The minimum atomic E-state index is -0.812. The molecule has 0 spiro atoms. The van der Waals surface area contributed by atoms with Crippen LogP contribution in [0.3, 0.4) is 0 Å². The van der Waals surface area contributed by atoms with E-state index in [0.717, 1.165) is 16.1 Å². The maximum absolute atomic E-state index is 13.2. The first-order valence-corrected chi connectivity index (χ1v) is 12.2. The third-order valence-electron chi connectivity index (χ3n) is 5.40. The van der Waals surface area contributed by atoms with Crippen LogP contribution in [0.4, 0.5) is 11.4 Å². The number of carbonyl (C=O) groups excluding carboxylic acids is 1. The van der Waals surface area contributed by atoms with Crippen LogP contribution in [0.2, 0.25) is 0 Å². The van der Waals surface area contributed by atoms with E-state index in [1.54, 1.807) is 74.2 Å². The fourth-order valence-electron chi connectivity index (χ4n) is 3.42. The number of aliphatic hydroxyl groups is 1. The molecule has 36 heavy (non-hydrogen) atoms. The second-order valence-corrected chi connectivity index (χ2v) is 9.76. The number of aromatic hydroxyl groups is 1. The molecule has 2 aromatic heterocycles. The van der Waals surface area contributed by atoms with E-state index < -0.39 is 5.60 Å². The SMILES string of the molecule is CC(C)(O)CCN=Cc1cc(NC(=O)c2csc(-c3ccncc3)n2)c(-c2ccc(O)cc2)cc1N. The summed E-state index contributed by atoms with van der Waals surface area (Å²) in [5.41, 5.74) is 9.80. The predicted octanol–water partition coefficient (Wildman–Crippen LogP) is 4.99. The lowest BCUT2D eigenvalue weighted by Crippen LogP contribution is -2.19. The number of hydrogen-bond donors (Lipinski definition) is 4. The van der Waals surface area contributed by atoms with Crippen molar-refractivity contribution >= 4 is 34.8 Å². The van der Waals surface area contributed by atoms with Gasteiger partial charge < -0.3 is 21.3 Å². The van der Waals surface area contributed by atoms with E-state index in [-0.39, 0.29) is 11.7 Å². The normalized spacial score (nSPS) is 11.6. The molecule has 0 saturated heterocycles. The highest BCUT2D eigenvalue weighted by molar-refractivity contribution is 7.13. The van der Waals surface area contributed by atoms with Gasteiger partial charge in [-0.15, -0.1) is 11.3 Å². The van der Waals surface area contributed by atoms with Crippen molar-refractivity contribution in [2.45, 2.75) is 25.9 Å². The number of nitrogens with zero attached hydrogens (tertiary/aromatic N) is 3. The highest BCUT2D eigenvalue weighted by Gasteiger charge is 2.17. The Morgan fingerprint density at radius 3 is 2.56 bits per heavy atom. The van der Waals surface area contributed by atoms with Crippen molar-refractivity contribution in [1.29, 1.82) is 0 Å². The van der Waals surface area contributed by atoms with Crippen molar-refractivity contribution < 1.29 is 15.0 Å². The highest BCUT2D eigenvalue weighted by atomic mass is 32.1.